The Morgan fingerprint density at radius 1 is 1.62 bits per heavy atom. The molecule has 0 amide bonds. The summed E-state index contributed by atoms with van der Waals surface area (Å²) in [5.41, 5.74) is 5.31. The highest BCUT2D eigenvalue weighted by Gasteiger charge is 2.14. The Kier molecular flexibility index (Phi) is 7.24. The number of unbranched alkanes of at least 4 members (excludes halogenated alkanes) is 1. The van der Waals surface area contributed by atoms with E-state index in [0.717, 1.165) is 12.8 Å². The van der Waals surface area contributed by atoms with Gasteiger partial charge in [-0.3, -0.25) is 4.79 Å². The first kappa shape index (κ1) is 12.1. The Hall–Kier alpha value is -0.870. The van der Waals surface area contributed by atoms with Crippen molar-refractivity contribution in [1.82, 2.24) is 5.32 Å². The van der Waals surface area contributed by atoms with Crippen molar-refractivity contribution >= 4 is 5.97 Å². The van der Waals surface area contributed by atoms with Crippen LogP contribution in [0.25, 0.3) is 0 Å². The molecule has 0 unspecified atom stereocenters. The largest absolute Gasteiger partial charge is 0.480 e. The standard InChI is InChI=1S/C9H18N2O2/c1-2-7-11-8(9(12)13)5-3-4-6-10/h2,8,11H,1,3-7,10H2,(H,12,13)/t8-/m0/s1. The first-order valence-corrected chi connectivity index (χ1v) is 4.49. The van der Waals surface area contributed by atoms with E-state index in [-0.39, 0.29) is 0 Å². The molecule has 76 valence electrons. The Balaban J connectivity index is 3.66. The van der Waals surface area contributed by atoms with Crippen LogP contribution in [0.1, 0.15) is 19.3 Å². The molecule has 0 aromatic rings. The summed E-state index contributed by atoms with van der Waals surface area (Å²) in [5.74, 6) is -0.807. The van der Waals surface area contributed by atoms with Crippen molar-refractivity contribution < 1.29 is 9.90 Å². The van der Waals surface area contributed by atoms with E-state index in [1.807, 2.05) is 0 Å². The summed E-state index contributed by atoms with van der Waals surface area (Å²) in [6.07, 6.45) is 4.00. The average Bonchev–Trinajstić information content (AvgIpc) is 2.10. The lowest BCUT2D eigenvalue weighted by molar-refractivity contribution is -0.139. The molecule has 0 radical (unpaired) electrons. The quantitative estimate of drug-likeness (QED) is 0.377. The van der Waals surface area contributed by atoms with Crippen LogP contribution in [0.5, 0.6) is 0 Å². The van der Waals surface area contributed by atoms with Crippen molar-refractivity contribution in [3.05, 3.63) is 12.7 Å². The first-order valence-electron chi connectivity index (χ1n) is 4.49. The predicted molar refractivity (Wildman–Crippen MR) is 52.5 cm³/mol. The van der Waals surface area contributed by atoms with E-state index in [4.69, 9.17) is 10.8 Å². The van der Waals surface area contributed by atoms with Crippen LogP contribution in [0.2, 0.25) is 0 Å². The molecular formula is C9H18N2O2. The summed E-state index contributed by atoms with van der Waals surface area (Å²) < 4.78 is 0. The van der Waals surface area contributed by atoms with Crippen LogP contribution < -0.4 is 11.1 Å². The zero-order chi connectivity index (χ0) is 10.1. The Morgan fingerprint density at radius 2 is 2.31 bits per heavy atom. The van der Waals surface area contributed by atoms with Gasteiger partial charge in [0.2, 0.25) is 0 Å². The lowest BCUT2D eigenvalue weighted by Crippen LogP contribution is -2.36. The first-order chi connectivity index (χ1) is 6.22. The molecule has 1 atom stereocenters. The van der Waals surface area contributed by atoms with E-state index in [1.54, 1.807) is 6.08 Å². The number of carboxylic acid groups (broad SMARTS) is 1. The average molecular weight is 186 g/mol. The van der Waals surface area contributed by atoms with E-state index in [9.17, 15) is 4.79 Å². The zero-order valence-corrected chi connectivity index (χ0v) is 7.83. The highest BCUT2D eigenvalue weighted by atomic mass is 16.4. The van der Waals surface area contributed by atoms with Gasteiger partial charge < -0.3 is 16.2 Å². The van der Waals surface area contributed by atoms with E-state index >= 15 is 0 Å². The van der Waals surface area contributed by atoms with Crippen molar-refractivity contribution in [3.8, 4) is 0 Å². The number of aliphatic carboxylic acids is 1. The molecule has 0 bridgehead atoms. The van der Waals surface area contributed by atoms with Gasteiger partial charge in [-0.1, -0.05) is 12.5 Å². The molecule has 0 fully saturated rings. The van der Waals surface area contributed by atoms with Crippen LogP contribution in [0.3, 0.4) is 0 Å². The third-order valence-electron chi connectivity index (χ3n) is 1.75. The summed E-state index contributed by atoms with van der Waals surface area (Å²) in [6.45, 7) is 4.66. The highest BCUT2D eigenvalue weighted by molar-refractivity contribution is 5.73. The van der Waals surface area contributed by atoms with Crippen LogP contribution in [0, 0.1) is 0 Å². The van der Waals surface area contributed by atoms with E-state index in [1.165, 1.54) is 0 Å². The van der Waals surface area contributed by atoms with Gasteiger partial charge in [0.1, 0.15) is 6.04 Å². The fourth-order valence-corrected chi connectivity index (χ4v) is 1.03. The Labute approximate surface area is 78.8 Å². The minimum Gasteiger partial charge on any atom is -0.480 e. The molecule has 0 aromatic carbocycles. The molecule has 0 aliphatic carbocycles. The second-order valence-electron chi connectivity index (χ2n) is 2.87. The summed E-state index contributed by atoms with van der Waals surface area (Å²) in [5, 5.41) is 11.6. The van der Waals surface area contributed by atoms with Crippen molar-refractivity contribution in [1.29, 1.82) is 0 Å². The van der Waals surface area contributed by atoms with Crippen LogP contribution in [0.4, 0.5) is 0 Å². The van der Waals surface area contributed by atoms with Crippen molar-refractivity contribution in [3.63, 3.8) is 0 Å². The van der Waals surface area contributed by atoms with Crippen LogP contribution in [-0.2, 0) is 4.79 Å². The third-order valence-corrected chi connectivity index (χ3v) is 1.75. The van der Waals surface area contributed by atoms with E-state index in [2.05, 4.69) is 11.9 Å². The third kappa shape index (κ3) is 6.31. The van der Waals surface area contributed by atoms with Gasteiger partial charge in [0.25, 0.3) is 0 Å². The monoisotopic (exact) mass is 186 g/mol. The van der Waals surface area contributed by atoms with Crippen LogP contribution >= 0.6 is 0 Å². The molecule has 13 heavy (non-hydrogen) atoms. The summed E-state index contributed by atoms with van der Waals surface area (Å²) in [6, 6.07) is -0.468. The van der Waals surface area contributed by atoms with Gasteiger partial charge in [-0.05, 0) is 19.4 Å². The van der Waals surface area contributed by atoms with Crippen molar-refractivity contribution in [2.45, 2.75) is 25.3 Å². The molecule has 0 rings (SSSR count). The fraction of sp³-hybridized carbons (Fsp3) is 0.667. The van der Waals surface area contributed by atoms with Gasteiger partial charge in [0.05, 0.1) is 0 Å². The fourth-order valence-electron chi connectivity index (χ4n) is 1.03. The molecule has 4 N–H and O–H groups in total. The summed E-state index contributed by atoms with van der Waals surface area (Å²) in [7, 11) is 0. The van der Waals surface area contributed by atoms with Gasteiger partial charge >= 0.3 is 5.97 Å². The number of carboxylic acids is 1. The molecule has 0 saturated heterocycles. The number of hydrogen-bond acceptors (Lipinski definition) is 3. The van der Waals surface area contributed by atoms with Gasteiger partial charge in [-0.15, -0.1) is 6.58 Å². The molecule has 0 heterocycles. The molecule has 0 aliphatic rings. The molecule has 4 nitrogen and oxygen atoms in total. The van der Waals surface area contributed by atoms with Gasteiger partial charge in [0.15, 0.2) is 0 Å². The number of rotatable bonds is 8. The Bertz CT molecular complexity index is 160. The van der Waals surface area contributed by atoms with E-state index < -0.39 is 12.0 Å². The summed E-state index contributed by atoms with van der Waals surface area (Å²) in [4.78, 5) is 10.7. The number of carbonyl (C=O) groups is 1. The number of hydrogen-bond donors (Lipinski definition) is 3. The maximum atomic E-state index is 10.7. The number of nitrogens with one attached hydrogen (secondary N) is 1. The topological polar surface area (TPSA) is 75.3 Å². The van der Waals surface area contributed by atoms with Gasteiger partial charge in [0, 0.05) is 6.54 Å². The maximum Gasteiger partial charge on any atom is 0.320 e. The molecular weight excluding hydrogens is 168 g/mol. The van der Waals surface area contributed by atoms with Gasteiger partial charge in [-0.25, -0.2) is 0 Å². The van der Waals surface area contributed by atoms with Crippen molar-refractivity contribution in [2.24, 2.45) is 5.73 Å². The van der Waals surface area contributed by atoms with Crippen LogP contribution in [-0.4, -0.2) is 30.2 Å². The lowest BCUT2D eigenvalue weighted by Gasteiger charge is -2.12. The smallest absolute Gasteiger partial charge is 0.320 e. The van der Waals surface area contributed by atoms with Crippen LogP contribution in [0.15, 0.2) is 12.7 Å². The molecule has 0 aromatic heterocycles. The highest BCUT2D eigenvalue weighted by Crippen LogP contribution is 2.00. The minimum atomic E-state index is -0.807. The second-order valence-corrected chi connectivity index (χ2v) is 2.87. The molecule has 4 heteroatoms. The second kappa shape index (κ2) is 7.76. The normalized spacial score (nSPS) is 12.4. The number of nitrogens with two attached hydrogens (primary N) is 1. The summed E-state index contributed by atoms with van der Waals surface area (Å²) >= 11 is 0. The predicted octanol–water partition coefficient (Wildman–Crippen LogP) is 0.344. The van der Waals surface area contributed by atoms with E-state index in [0.29, 0.717) is 19.5 Å². The van der Waals surface area contributed by atoms with Crippen molar-refractivity contribution in [2.75, 3.05) is 13.1 Å². The molecule has 0 spiro atoms. The Morgan fingerprint density at radius 3 is 2.77 bits per heavy atom. The SMILES string of the molecule is C=CCN[C@@H](CCCCN)C(=O)O. The van der Waals surface area contributed by atoms with Gasteiger partial charge in [-0.2, -0.15) is 0 Å². The lowest BCUT2D eigenvalue weighted by atomic mass is 10.1. The minimum absolute atomic E-state index is 0.468. The molecule has 0 saturated carbocycles. The maximum absolute atomic E-state index is 10.7. The molecule has 0 aliphatic heterocycles. The zero-order valence-electron chi connectivity index (χ0n) is 7.83.